The van der Waals surface area contributed by atoms with E-state index in [0.29, 0.717) is 13.1 Å². The second-order valence-electron chi connectivity index (χ2n) is 6.58. The van der Waals surface area contributed by atoms with E-state index in [4.69, 9.17) is 5.73 Å². The van der Waals surface area contributed by atoms with Crippen LogP contribution >= 0.6 is 24.8 Å². The molecule has 1 amide bonds. The quantitative estimate of drug-likeness (QED) is 0.858. The predicted octanol–water partition coefficient (Wildman–Crippen LogP) is 3.35. The van der Waals surface area contributed by atoms with E-state index in [-0.39, 0.29) is 36.8 Å². The number of amides is 1. The molecule has 0 bridgehead atoms. The van der Waals surface area contributed by atoms with Crippen molar-refractivity contribution >= 4 is 30.7 Å². The molecule has 1 unspecified atom stereocenters. The van der Waals surface area contributed by atoms with Crippen molar-refractivity contribution < 1.29 is 4.79 Å². The van der Waals surface area contributed by atoms with Crippen LogP contribution in [0.5, 0.6) is 0 Å². The molecule has 0 aromatic carbocycles. The molecule has 2 aromatic heterocycles. The highest BCUT2D eigenvalue weighted by Gasteiger charge is 2.28. The number of pyridine rings is 1. The normalized spacial score (nSPS) is 16.6. The van der Waals surface area contributed by atoms with Crippen molar-refractivity contribution in [3.63, 3.8) is 0 Å². The maximum atomic E-state index is 13.0. The average Bonchev–Trinajstić information content (AvgIpc) is 2.90. The number of rotatable bonds is 4. The summed E-state index contributed by atoms with van der Waals surface area (Å²) in [6.45, 7) is 6.10. The lowest BCUT2D eigenvalue weighted by atomic mass is 10.0. The summed E-state index contributed by atoms with van der Waals surface area (Å²) >= 11 is 0. The first-order valence-electron chi connectivity index (χ1n) is 8.69. The summed E-state index contributed by atoms with van der Waals surface area (Å²) in [6.07, 6.45) is 5.03. The molecule has 1 aliphatic heterocycles. The molecule has 2 N–H and O–H groups in total. The Bertz CT molecular complexity index is 718. The molecule has 5 nitrogen and oxygen atoms in total. The topological polar surface area (TPSA) is 64.2 Å². The minimum atomic E-state index is 0. The fourth-order valence-electron chi connectivity index (χ4n) is 3.58. The Morgan fingerprint density at radius 2 is 2.04 bits per heavy atom. The van der Waals surface area contributed by atoms with Gasteiger partial charge in [-0.25, -0.2) is 0 Å². The van der Waals surface area contributed by atoms with Crippen molar-refractivity contribution in [1.82, 2.24) is 14.5 Å². The number of carbonyl (C=O) groups is 1. The van der Waals surface area contributed by atoms with E-state index in [1.807, 2.05) is 43.0 Å². The van der Waals surface area contributed by atoms with Crippen molar-refractivity contribution in [1.29, 1.82) is 0 Å². The Balaban J connectivity index is 0.00000169. The number of aryl methyl sites for hydroxylation is 1. The van der Waals surface area contributed by atoms with Crippen LogP contribution in [0, 0.1) is 13.8 Å². The first-order valence-corrected chi connectivity index (χ1v) is 8.69. The van der Waals surface area contributed by atoms with Gasteiger partial charge in [0.2, 0.25) is 0 Å². The lowest BCUT2D eigenvalue weighted by Gasteiger charge is -2.35. The van der Waals surface area contributed by atoms with E-state index in [1.54, 1.807) is 6.20 Å². The van der Waals surface area contributed by atoms with Crippen LogP contribution in [-0.4, -0.2) is 39.5 Å². The molecular weight excluding hydrogens is 371 g/mol. The van der Waals surface area contributed by atoms with Gasteiger partial charge in [-0.2, -0.15) is 0 Å². The fraction of sp³-hybridized carbons (Fsp3) is 0.474. The van der Waals surface area contributed by atoms with Crippen LogP contribution in [0.4, 0.5) is 0 Å². The van der Waals surface area contributed by atoms with Crippen LogP contribution in [0.15, 0.2) is 30.5 Å². The summed E-state index contributed by atoms with van der Waals surface area (Å²) in [5, 5.41) is 0. The Morgan fingerprint density at radius 3 is 2.69 bits per heavy atom. The second-order valence-corrected chi connectivity index (χ2v) is 6.58. The standard InChI is InChI=1S/C19H26N4O.2ClH/c1-14-11-18(19(24)22-10-6-4-8-17(22)12-20)15(2)23(14)13-16-7-3-5-9-21-16;;/h3,5,7,9,11,17H,4,6,8,10,12-13,20H2,1-2H3;2*1H. The molecule has 2 aromatic rings. The number of hydrogen-bond donors (Lipinski definition) is 1. The highest BCUT2D eigenvalue weighted by molar-refractivity contribution is 5.96. The second kappa shape index (κ2) is 9.95. The van der Waals surface area contributed by atoms with Gasteiger partial charge in [-0.15, -0.1) is 24.8 Å². The molecular formula is C19H28Cl2N4O. The van der Waals surface area contributed by atoms with Gasteiger partial charge in [-0.3, -0.25) is 9.78 Å². The Hall–Kier alpha value is -1.56. The minimum Gasteiger partial charge on any atom is -0.342 e. The number of nitrogens with two attached hydrogens (primary N) is 1. The molecule has 144 valence electrons. The summed E-state index contributed by atoms with van der Waals surface area (Å²) in [7, 11) is 0. The molecule has 1 fully saturated rings. The molecule has 1 saturated heterocycles. The molecule has 0 radical (unpaired) electrons. The zero-order valence-corrected chi connectivity index (χ0v) is 17.0. The van der Waals surface area contributed by atoms with Crippen LogP contribution in [0.25, 0.3) is 0 Å². The third-order valence-corrected chi connectivity index (χ3v) is 5.01. The number of nitrogens with zero attached hydrogens (tertiary/aromatic N) is 3. The fourth-order valence-corrected chi connectivity index (χ4v) is 3.58. The van der Waals surface area contributed by atoms with E-state index < -0.39 is 0 Å². The lowest BCUT2D eigenvalue weighted by molar-refractivity contribution is 0.0622. The summed E-state index contributed by atoms with van der Waals surface area (Å²) in [4.78, 5) is 19.4. The number of likely N-dealkylation sites (tertiary alicyclic amines) is 1. The Morgan fingerprint density at radius 1 is 1.27 bits per heavy atom. The van der Waals surface area contributed by atoms with Gasteiger partial charge in [-0.1, -0.05) is 6.07 Å². The molecule has 0 aliphatic carbocycles. The van der Waals surface area contributed by atoms with Crippen molar-refractivity contribution in [3.05, 3.63) is 53.1 Å². The summed E-state index contributed by atoms with van der Waals surface area (Å²) < 4.78 is 2.16. The monoisotopic (exact) mass is 398 g/mol. The van der Waals surface area contributed by atoms with Crippen LogP contribution in [0.1, 0.15) is 46.7 Å². The van der Waals surface area contributed by atoms with Crippen molar-refractivity contribution in [2.45, 2.75) is 45.7 Å². The predicted molar refractivity (Wildman–Crippen MR) is 109 cm³/mol. The SMILES string of the molecule is Cc1cc(C(=O)N2CCCCC2CN)c(C)n1Cc1ccccn1.Cl.Cl. The highest BCUT2D eigenvalue weighted by Crippen LogP contribution is 2.23. The van der Waals surface area contributed by atoms with Gasteiger partial charge in [-0.05, 0) is 51.3 Å². The van der Waals surface area contributed by atoms with Gasteiger partial charge in [0.15, 0.2) is 0 Å². The van der Waals surface area contributed by atoms with Gasteiger partial charge >= 0.3 is 0 Å². The van der Waals surface area contributed by atoms with Gasteiger partial charge in [0.25, 0.3) is 5.91 Å². The van der Waals surface area contributed by atoms with Gasteiger partial charge in [0, 0.05) is 36.7 Å². The van der Waals surface area contributed by atoms with Crippen molar-refractivity contribution in [2.75, 3.05) is 13.1 Å². The summed E-state index contributed by atoms with van der Waals surface area (Å²) in [6, 6.07) is 8.09. The van der Waals surface area contributed by atoms with Crippen molar-refractivity contribution in [2.24, 2.45) is 5.73 Å². The van der Waals surface area contributed by atoms with Gasteiger partial charge in [0.1, 0.15) is 0 Å². The number of hydrogen-bond acceptors (Lipinski definition) is 3. The van der Waals surface area contributed by atoms with E-state index >= 15 is 0 Å². The minimum absolute atomic E-state index is 0. The van der Waals surface area contributed by atoms with Gasteiger partial charge in [0.05, 0.1) is 17.8 Å². The zero-order valence-electron chi connectivity index (χ0n) is 15.4. The summed E-state index contributed by atoms with van der Waals surface area (Å²) in [5.74, 6) is 0.116. The first-order chi connectivity index (χ1) is 11.6. The number of piperidine rings is 1. The van der Waals surface area contributed by atoms with E-state index in [2.05, 4.69) is 9.55 Å². The maximum Gasteiger partial charge on any atom is 0.255 e. The molecule has 7 heteroatoms. The third kappa shape index (κ3) is 4.58. The molecule has 1 aliphatic rings. The lowest BCUT2D eigenvalue weighted by Crippen LogP contribution is -2.47. The van der Waals surface area contributed by atoms with Crippen LogP contribution in [0.3, 0.4) is 0 Å². The van der Waals surface area contributed by atoms with E-state index in [0.717, 1.165) is 48.5 Å². The highest BCUT2D eigenvalue weighted by atomic mass is 35.5. The number of carbonyl (C=O) groups excluding carboxylic acids is 1. The number of halogens is 2. The van der Waals surface area contributed by atoms with Crippen LogP contribution < -0.4 is 5.73 Å². The molecule has 3 heterocycles. The Kier molecular flexibility index (Phi) is 8.60. The third-order valence-electron chi connectivity index (χ3n) is 5.01. The average molecular weight is 399 g/mol. The molecule has 26 heavy (non-hydrogen) atoms. The van der Waals surface area contributed by atoms with E-state index in [9.17, 15) is 4.79 Å². The Labute approximate surface area is 167 Å². The van der Waals surface area contributed by atoms with E-state index in [1.165, 1.54) is 0 Å². The van der Waals surface area contributed by atoms with Crippen LogP contribution in [0.2, 0.25) is 0 Å². The smallest absolute Gasteiger partial charge is 0.255 e. The van der Waals surface area contributed by atoms with Crippen LogP contribution in [-0.2, 0) is 6.54 Å². The molecule has 0 spiro atoms. The summed E-state index contributed by atoms with van der Waals surface area (Å²) in [5.41, 5.74) is 9.76. The zero-order chi connectivity index (χ0) is 17.1. The number of aromatic nitrogens is 2. The molecule has 0 saturated carbocycles. The first kappa shape index (κ1) is 22.5. The largest absolute Gasteiger partial charge is 0.342 e. The van der Waals surface area contributed by atoms with Crippen molar-refractivity contribution in [3.8, 4) is 0 Å². The van der Waals surface area contributed by atoms with Gasteiger partial charge < -0.3 is 15.2 Å². The molecule has 3 rings (SSSR count). The molecule has 1 atom stereocenters. The maximum absolute atomic E-state index is 13.0.